The van der Waals surface area contributed by atoms with Crippen LogP contribution < -0.4 is 33.8 Å². The van der Waals surface area contributed by atoms with E-state index in [1.54, 1.807) is 31.4 Å². The Hall–Kier alpha value is -3.63. The van der Waals surface area contributed by atoms with Crippen molar-refractivity contribution in [2.24, 2.45) is 0 Å². The second-order valence-electron chi connectivity index (χ2n) is 9.66. The Morgan fingerprint density at radius 1 is 0.800 bits per heavy atom. The van der Waals surface area contributed by atoms with Crippen molar-refractivity contribution in [3.8, 4) is 45.8 Å². The van der Waals surface area contributed by atoms with Crippen LogP contribution in [0.25, 0.3) is 22.3 Å². The van der Waals surface area contributed by atoms with Crippen molar-refractivity contribution in [2.45, 2.75) is 32.1 Å². The van der Waals surface area contributed by atoms with Crippen LogP contribution in [-0.4, -0.2) is 78.9 Å². The summed E-state index contributed by atoms with van der Waals surface area (Å²) < 4.78 is 40.0. The normalized spacial score (nSPS) is 13.9. The SMILES string of the molecule is COc1cc(OC)c2c(=O)c(OCCCCN(C)N3CCCCC3)c(-c3cc(OC)c(OC)c(OC)c3)oc2c1. The topological polar surface area (TPSA) is 92.1 Å². The van der Waals surface area contributed by atoms with Gasteiger partial charge in [0.1, 0.15) is 22.5 Å². The Balaban J connectivity index is 1.69. The van der Waals surface area contributed by atoms with Crippen molar-refractivity contribution in [1.29, 1.82) is 0 Å². The van der Waals surface area contributed by atoms with Crippen LogP contribution in [0.3, 0.4) is 0 Å². The number of hydrogen-bond acceptors (Lipinski definition) is 10. The molecule has 0 radical (unpaired) electrons. The van der Waals surface area contributed by atoms with Crippen molar-refractivity contribution in [1.82, 2.24) is 10.0 Å². The molecule has 0 N–H and O–H groups in total. The quantitative estimate of drug-likeness (QED) is 0.268. The second-order valence-corrected chi connectivity index (χ2v) is 9.66. The van der Waals surface area contributed by atoms with E-state index in [2.05, 4.69) is 17.1 Å². The number of hydrazine groups is 1. The van der Waals surface area contributed by atoms with Gasteiger partial charge in [0.2, 0.25) is 16.9 Å². The van der Waals surface area contributed by atoms with E-state index in [-0.39, 0.29) is 22.3 Å². The van der Waals surface area contributed by atoms with Gasteiger partial charge in [-0.25, -0.2) is 10.0 Å². The van der Waals surface area contributed by atoms with E-state index in [0.717, 1.165) is 32.5 Å². The van der Waals surface area contributed by atoms with Gasteiger partial charge >= 0.3 is 0 Å². The van der Waals surface area contributed by atoms with Gasteiger partial charge in [-0.1, -0.05) is 6.42 Å². The molecule has 1 fully saturated rings. The molecule has 1 aliphatic heterocycles. The van der Waals surface area contributed by atoms with Crippen LogP contribution in [0.4, 0.5) is 0 Å². The summed E-state index contributed by atoms with van der Waals surface area (Å²) in [6.45, 7) is 3.48. The van der Waals surface area contributed by atoms with E-state index >= 15 is 0 Å². The van der Waals surface area contributed by atoms with E-state index in [0.29, 0.717) is 46.5 Å². The zero-order chi connectivity index (χ0) is 28.6. The van der Waals surface area contributed by atoms with Crippen LogP contribution in [0.2, 0.25) is 0 Å². The first-order valence-corrected chi connectivity index (χ1v) is 13.6. The molecule has 1 saturated heterocycles. The molecule has 1 aliphatic rings. The third kappa shape index (κ3) is 6.23. The van der Waals surface area contributed by atoms with E-state index in [1.807, 2.05) is 0 Å². The Morgan fingerprint density at radius 3 is 2.08 bits per heavy atom. The summed E-state index contributed by atoms with van der Waals surface area (Å²) >= 11 is 0. The molecule has 40 heavy (non-hydrogen) atoms. The first-order chi connectivity index (χ1) is 19.4. The van der Waals surface area contributed by atoms with Gasteiger partial charge in [0, 0.05) is 44.4 Å². The van der Waals surface area contributed by atoms with Crippen LogP contribution in [0, 0.1) is 0 Å². The number of ether oxygens (including phenoxy) is 6. The van der Waals surface area contributed by atoms with Crippen molar-refractivity contribution < 1.29 is 32.8 Å². The highest BCUT2D eigenvalue weighted by atomic mass is 16.5. The Kier molecular flexibility index (Phi) is 10.0. The maximum absolute atomic E-state index is 13.9. The van der Waals surface area contributed by atoms with Gasteiger partial charge in [0.25, 0.3) is 0 Å². The van der Waals surface area contributed by atoms with Gasteiger partial charge in [0.15, 0.2) is 17.3 Å². The number of hydrogen-bond donors (Lipinski definition) is 0. The smallest absolute Gasteiger partial charge is 0.239 e. The number of benzene rings is 2. The largest absolute Gasteiger partial charge is 0.496 e. The monoisotopic (exact) mass is 556 g/mol. The number of unbranched alkanes of at least 4 members (excludes halogenated alkanes) is 1. The third-order valence-electron chi connectivity index (χ3n) is 7.21. The first-order valence-electron chi connectivity index (χ1n) is 13.6. The lowest BCUT2D eigenvalue weighted by Crippen LogP contribution is -2.43. The molecule has 3 aromatic rings. The summed E-state index contributed by atoms with van der Waals surface area (Å²) in [7, 11) is 9.77. The summed E-state index contributed by atoms with van der Waals surface area (Å²) in [5.74, 6) is 2.46. The number of fused-ring (bicyclic) bond motifs is 1. The maximum atomic E-state index is 13.9. The molecule has 0 amide bonds. The Bertz CT molecular complexity index is 1320. The molecular weight excluding hydrogens is 516 g/mol. The van der Waals surface area contributed by atoms with Gasteiger partial charge in [-0.15, -0.1) is 0 Å². The molecule has 0 saturated carbocycles. The fourth-order valence-electron chi connectivity index (χ4n) is 5.03. The van der Waals surface area contributed by atoms with Crippen molar-refractivity contribution in [2.75, 3.05) is 68.8 Å². The predicted molar refractivity (Wildman–Crippen MR) is 153 cm³/mol. The van der Waals surface area contributed by atoms with E-state index in [9.17, 15) is 4.79 Å². The van der Waals surface area contributed by atoms with Gasteiger partial charge in [-0.05, 0) is 37.8 Å². The van der Waals surface area contributed by atoms with Gasteiger partial charge in [-0.3, -0.25) is 4.79 Å². The zero-order valence-electron chi connectivity index (χ0n) is 24.3. The van der Waals surface area contributed by atoms with Gasteiger partial charge in [0.05, 0.1) is 42.2 Å². The van der Waals surface area contributed by atoms with Crippen molar-refractivity contribution >= 4 is 11.0 Å². The lowest BCUT2D eigenvalue weighted by molar-refractivity contribution is -0.0177. The molecule has 0 spiro atoms. The standard InChI is InChI=1S/C30H40N2O8/c1-31(32-13-8-7-9-14-32)12-10-11-15-39-30-27(33)26-22(35-3)18-21(34-2)19-23(26)40-28(30)20-16-24(36-4)29(38-6)25(17-20)37-5/h16-19H,7-15H2,1-6H3. The first kappa shape index (κ1) is 29.4. The zero-order valence-corrected chi connectivity index (χ0v) is 24.3. The highest BCUT2D eigenvalue weighted by molar-refractivity contribution is 5.89. The molecule has 2 heterocycles. The van der Waals surface area contributed by atoms with Crippen LogP contribution in [0.1, 0.15) is 32.1 Å². The predicted octanol–water partition coefficient (Wildman–Crippen LogP) is 4.99. The number of methoxy groups -OCH3 is 5. The van der Waals surface area contributed by atoms with Crippen LogP contribution >= 0.6 is 0 Å². The van der Waals surface area contributed by atoms with Crippen LogP contribution in [-0.2, 0) is 0 Å². The molecule has 10 nitrogen and oxygen atoms in total. The summed E-state index contributed by atoms with van der Waals surface area (Å²) in [6.07, 6.45) is 5.48. The maximum Gasteiger partial charge on any atom is 0.239 e. The van der Waals surface area contributed by atoms with Gasteiger partial charge < -0.3 is 32.8 Å². The van der Waals surface area contributed by atoms with Gasteiger partial charge in [-0.2, -0.15) is 0 Å². The number of piperidine rings is 1. The minimum absolute atomic E-state index is 0.0922. The van der Waals surface area contributed by atoms with Crippen LogP contribution in [0.15, 0.2) is 33.5 Å². The minimum atomic E-state index is -0.338. The lowest BCUT2D eigenvalue weighted by Gasteiger charge is -2.34. The van der Waals surface area contributed by atoms with E-state index < -0.39 is 0 Å². The molecule has 10 heteroatoms. The van der Waals surface area contributed by atoms with E-state index in [1.165, 1.54) is 47.7 Å². The minimum Gasteiger partial charge on any atom is -0.496 e. The van der Waals surface area contributed by atoms with Crippen molar-refractivity contribution in [3.63, 3.8) is 0 Å². The summed E-state index contributed by atoms with van der Waals surface area (Å²) in [5, 5.41) is 4.98. The Morgan fingerprint density at radius 2 is 1.48 bits per heavy atom. The molecule has 4 rings (SSSR count). The fraction of sp³-hybridized carbons (Fsp3) is 0.500. The average Bonchev–Trinajstić information content (AvgIpc) is 3.00. The highest BCUT2D eigenvalue weighted by Crippen LogP contribution is 2.44. The second kappa shape index (κ2) is 13.6. The molecule has 0 atom stereocenters. The fourth-order valence-corrected chi connectivity index (χ4v) is 5.03. The summed E-state index contributed by atoms with van der Waals surface area (Å²) in [4.78, 5) is 13.9. The molecular formula is C30H40N2O8. The van der Waals surface area contributed by atoms with Crippen LogP contribution in [0.5, 0.6) is 34.5 Å². The summed E-state index contributed by atoms with van der Waals surface area (Å²) in [6, 6.07) is 6.76. The lowest BCUT2D eigenvalue weighted by atomic mass is 10.1. The Labute approximate surface area is 235 Å². The van der Waals surface area contributed by atoms with E-state index in [4.69, 9.17) is 32.8 Å². The molecule has 218 valence electrons. The molecule has 2 aromatic carbocycles. The summed E-state index contributed by atoms with van der Waals surface area (Å²) in [5.41, 5.74) is 0.505. The molecule has 0 unspecified atom stereocenters. The average molecular weight is 557 g/mol. The number of nitrogens with zero attached hydrogens (tertiary/aromatic N) is 2. The third-order valence-corrected chi connectivity index (χ3v) is 7.21. The molecule has 1 aromatic heterocycles. The molecule has 0 bridgehead atoms. The molecule has 0 aliphatic carbocycles. The number of rotatable bonds is 13. The highest BCUT2D eigenvalue weighted by Gasteiger charge is 2.24. The van der Waals surface area contributed by atoms with Crippen molar-refractivity contribution in [3.05, 3.63) is 34.5 Å².